The van der Waals surface area contributed by atoms with Gasteiger partial charge in [0, 0.05) is 5.56 Å². The number of benzene rings is 2. The molecule has 6 nitrogen and oxygen atoms in total. The minimum atomic E-state index is -4.92. The smallest absolute Gasteiger partial charge is 0.302 e. The van der Waals surface area contributed by atoms with Gasteiger partial charge in [-0.15, -0.1) is 0 Å². The van der Waals surface area contributed by atoms with E-state index >= 15 is 0 Å². The lowest BCUT2D eigenvalue weighted by Crippen LogP contribution is -2.21. The molecule has 3 aromatic rings. The van der Waals surface area contributed by atoms with Gasteiger partial charge < -0.3 is 4.98 Å². The first kappa shape index (κ1) is 19.7. The van der Waals surface area contributed by atoms with E-state index in [4.69, 9.17) is 5.14 Å². The maximum atomic E-state index is 13.2. The molecule has 2 aromatic carbocycles. The van der Waals surface area contributed by atoms with Crippen LogP contribution >= 0.6 is 0 Å². The zero-order chi connectivity index (χ0) is 20.7. The molecule has 11 heteroatoms. The number of nitrogens with one attached hydrogen (secondary N) is 1. The Kier molecular flexibility index (Phi) is 4.81. The van der Waals surface area contributed by atoms with Crippen LogP contribution in [0.5, 0.6) is 0 Å². The predicted molar refractivity (Wildman–Crippen MR) is 92.1 cm³/mol. The molecule has 0 saturated carbocycles. The zero-order valence-electron chi connectivity index (χ0n) is 13.8. The SMILES string of the molecule is NS(=O)(=O)c1ccc(-c2nc(C(F)(F)F)[nH]c(=O)c2-c2ccc(F)cc2)cc1. The van der Waals surface area contributed by atoms with Crippen molar-refractivity contribution in [1.82, 2.24) is 9.97 Å². The van der Waals surface area contributed by atoms with E-state index in [1.165, 1.54) is 24.3 Å². The second kappa shape index (κ2) is 6.84. The van der Waals surface area contributed by atoms with E-state index < -0.39 is 33.4 Å². The van der Waals surface area contributed by atoms with Crippen LogP contribution in [0.3, 0.4) is 0 Å². The number of nitrogens with zero attached hydrogens (tertiary/aromatic N) is 1. The molecule has 3 N–H and O–H groups in total. The summed E-state index contributed by atoms with van der Waals surface area (Å²) in [5.41, 5.74) is -1.47. The molecule has 28 heavy (non-hydrogen) atoms. The molecule has 0 fully saturated rings. The van der Waals surface area contributed by atoms with Gasteiger partial charge >= 0.3 is 6.18 Å². The van der Waals surface area contributed by atoms with E-state index in [1.54, 1.807) is 4.98 Å². The highest BCUT2D eigenvalue weighted by atomic mass is 32.2. The lowest BCUT2D eigenvalue weighted by atomic mass is 10.0. The van der Waals surface area contributed by atoms with Gasteiger partial charge in [0.05, 0.1) is 16.2 Å². The lowest BCUT2D eigenvalue weighted by Gasteiger charge is -2.13. The number of alkyl halides is 3. The Hall–Kier alpha value is -3.05. The van der Waals surface area contributed by atoms with Crippen LogP contribution in [0.2, 0.25) is 0 Å². The summed E-state index contributed by atoms with van der Waals surface area (Å²) in [7, 11) is -4.02. The summed E-state index contributed by atoms with van der Waals surface area (Å²) in [4.78, 5) is 17.3. The molecule has 3 rings (SSSR count). The first-order valence-corrected chi connectivity index (χ1v) is 9.12. The highest BCUT2D eigenvalue weighted by Crippen LogP contribution is 2.32. The largest absolute Gasteiger partial charge is 0.449 e. The molecule has 1 heterocycles. The molecule has 0 bridgehead atoms. The number of aromatic nitrogens is 2. The Labute approximate surface area is 155 Å². The third kappa shape index (κ3) is 3.94. The molecule has 0 aliphatic carbocycles. The minimum absolute atomic E-state index is 0.0447. The fourth-order valence-electron chi connectivity index (χ4n) is 2.50. The number of halogens is 4. The average molecular weight is 413 g/mol. The van der Waals surface area contributed by atoms with Gasteiger partial charge in [0.15, 0.2) is 0 Å². The number of hydrogen-bond donors (Lipinski definition) is 2. The molecule has 0 radical (unpaired) electrons. The fourth-order valence-corrected chi connectivity index (χ4v) is 3.02. The van der Waals surface area contributed by atoms with Crippen molar-refractivity contribution in [2.75, 3.05) is 0 Å². The number of hydrogen-bond acceptors (Lipinski definition) is 4. The number of aromatic amines is 1. The molecule has 0 amide bonds. The standard InChI is InChI=1S/C17H11F4N3O3S/c18-11-5-1-9(2-6-11)13-14(23-16(17(19,20)21)24-15(13)25)10-3-7-12(8-4-10)28(22,26)27/h1-8H,(H2,22,26,27)(H,23,24,25). The van der Waals surface area contributed by atoms with Crippen LogP contribution in [-0.4, -0.2) is 18.4 Å². The Morgan fingerprint density at radius 3 is 1.96 bits per heavy atom. The van der Waals surface area contributed by atoms with Crippen molar-refractivity contribution in [3.8, 4) is 22.4 Å². The molecule has 1 aromatic heterocycles. The van der Waals surface area contributed by atoms with Crippen molar-refractivity contribution in [3.63, 3.8) is 0 Å². The quantitative estimate of drug-likeness (QED) is 0.644. The Morgan fingerprint density at radius 2 is 1.46 bits per heavy atom. The van der Waals surface area contributed by atoms with Crippen molar-refractivity contribution in [1.29, 1.82) is 0 Å². The van der Waals surface area contributed by atoms with Crippen LogP contribution < -0.4 is 10.7 Å². The summed E-state index contributed by atoms with van der Waals surface area (Å²) in [6, 6.07) is 9.03. The van der Waals surface area contributed by atoms with Crippen LogP contribution in [0.15, 0.2) is 58.2 Å². The van der Waals surface area contributed by atoms with Gasteiger partial charge in [0.2, 0.25) is 15.8 Å². The van der Waals surface area contributed by atoms with Crippen LogP contribution in [0.4, 0.5) is 17.6 Å². The Morgan fingerprint density at radius 1 is 0.929 bits per heavy atom. The molecule has 146 valence electrons. The van der Waals surface area contributed by atoms with Gasteiger partial charge in [-0.1, -0.05) is 24.3 Å². The molecule has 0 aliphatic heterocycles. The van der Waals surface area contributed by atoms with Crippen molar-refractivity contribution in [2.45, 2.75) is 11.1 Å². The minimum Gasteiger partial charge on any atom is -0.302 e. The van der Waals surface area contributed by atoms with E-state index in [-0.39, 0.29) is 27.3 Å². The monoisotopic (exact) mass is 413 g/mol. The highest BCUT2D eigenvalue weighted by Gasteiger charge is 2.35. The van der Waals surface area contributed by atoms with Gasteiger partial charge in [-0.25, -0.2) is 22.9 Å². The van der Waals surface area contributed by atoms with Crippen molar-refractivity contribution in [3.05, 3.63) is 70.5 Å². The fraction of sp³-hybridized carbons (Fsp3) is 0.0588. The maximum absolute atomic E-state index is 13.2. The lowest BCUT2D eigenvalue weighted by molar-refractivity contribution is -0.145. The van der Waals surface area contributed by atoms with Gasteiger partial charge in [-0.2, -0.15) is 13.2 Å². The van der Waals surface area contributed by atoms with Crippen LogP contribution in [0.25, 0.3) is 22.4 Å². The van der Waals surface area contributed by atoms with E-state index in [0.717, 1.165) is 24.3 Å². The van der Waals surface area contributed by atoms with E-state index in [0.29, 0.717) is 0 Å². The van der Waals surface area contributed by atoms with Gasteiger partial charge in [0.1, 0.15) is 5.82 Å². The maximum Gasteiger partial charge on any atom is 0.449 e. The molecular weight excluding hydrogens is 402 g/mol. The number of primary sulfonamides is 1. The molecule has 0 atom stereocenters. The predicted octanol–water partition coefficient (Wildman–Crippen LogP) is 2.91. The van der Waals surface area contributed by atoms with E-state index in [2.05, 4.69) is 4.98 Å². The van der Waals surface area contributed by atoms with Crippen molar-refractivity contribution < 1.29 is 26.0 Å². The Bertz CT molecular complexity index is 1190. The van der Waals surface area contributed by atoms with Gasteiger partial charge in [-0.05, 0) is 29.8 Å². The van der Waals surface area contributed by atoms with Crippen molar-refractivity contribution in [2.24, 2.45) is 5.14 Å². The third-order valence-electron chi connectivity index (χ3n) is 3.78. The molecule has 0 spiro atoms. The summed E-state index contributed by atoms with van der Waals surface area (Å²) in [6.45, 7) is 0. The van der Waals surface area contributed by atoms with E-state index in [9.17, 15) is 30.8 Å². The summed E-state index contributed by atoms with van der Waals surface area (Å²) < 4.78 is 75.2. The summed E-state index contributed by atoms with van der Waals surface area (Å²) in [5, 5.41) is 5.00. The summed E-state index contributed by atoms with van der Waals surface area (Å²) >= 11 is 0. The normalized spacial score (nSPS) is 12.2. The summed E-state index contributed by atoms with van der Waals surface area (Å²) in [6.07, 6.45) is -4.92. The summed E-state index contributed by atoms with van der Waals surface area (Å²) in [5.74, 6) is -2.12. The first-order valence-electron chi connectivity index (χ1n) is 7.57. The Balaban J connectivity index is 2.29. The molecule has 0 aliphatic rings. The second-order valence-electron chi connectivity index (χ2n) is 5.71. The third-order valence-corrected chi connectivity index (χ3v) is 4.71. The number of H-pyrrole nitrogens is 1. The average Bonchev–Trinajstić information content (AvgIpc) is 2.61. The molecular formula is C17H11F4N3O3S. The van der Waals surface area contributed by atoms with Gasteiger partial charge in [0.25, 0.3) is 5.56 Å². The zero-order valence-corrected chi connectivity index (χ0v) is 14.6. The van der Waals surface area contributed by atoms with Crippen LogP contribution in [0, 0.1) is 5.82 Å². The number of rotatable bonds is 3. The highest BCUT2D eigenvalue weighted by molar-refractivity contribution is 7.89. The van der Waals surface area contributed by atoms with Crippen molar-refractivity contribution >= 4 is 10.0 Å². The van der Waals surface area contributed by atoms with Crippen LogP contribution in [-0.2, 0) is 16.2 Å². The number of sulfonamides is 1. The topological polar surface area (TPSA) is 106 Å². The van der Waals surface area contributed by atoms with E-state index in [1.807, 2.05) is 0 Å². The number of nitrogens with two attached hydrogens (primary N) is 1. The second-order valence-corrected chi connectivity index (χ2v) is 7.27. The first-order chi connectivity index (χ1) is 13.0. The van der Waals surface area contributed by atoms with Gasteiger partial charge in [-0.3, -0.25) is 4.79 Å². The molecule has 0 unspecified atom stereocenters. The molecule has 0 saturated heterocycles. The van der Waals surface area contributed by atoms with Crippen LogP contribution in [0.1, 0.15) is 5.82 Å².